The third-order valence-electron chi connectivity index (χ3n) is 5.41. The van der Waals surface area contributed by atoms with Crippen LogP contribution in [0.15, 0.2) is 29.3 Å². The van der Waals surface area contributed by atoms with Crippen molar-refractivity contribution in [3.05, 3.63) is 45.4 Å². The lowest BCUT2D eigenvalue weighted by atomic mass is 9.95. The molecule has 1 saturated carbocycles. The van der Waals surface area contributed by atoms with Gasteiger partial charge in [-0.25, -0.2) is 9.78 Å². The summed E-state index contributed by atoms with van der Waals surface area (Å²) in [7, 11) is 1.71. The van der Waals surface area contributed by atoms with Gasteiger partial charge in [0.2, 0.25) is 0 Å². The van der Waals surface area contributed by atoms with Crippen LogP contribution in [0.1, 0.15) is 65.6 Å². The van der Waals surface area contributed by atoms with Gasteiger partial charge >= 0.3 is 5.97 Å². The predicted molar refractivity (Wildman–Crippen MR) is 140 cm³/mol. The summed E-state index contributed by atoms with van der Waals surface area (Å²) in [5.74, 6) is 1.34. The summed E-state index contributed by atoms with van der Waals surface area (Å²) >= 11 is 1.37. The average Bonchev–Trinajstić information content (AvgIpc) is 3.46. The molecule has 0 amide bonds. The number of aliphatic imine (C=N–C) groups is 1. The van der Waals surface area contributed by atoms with Crippen molar-refractivity contribution in [3.63, 3.8) is 0 Å². The zero-order valence-corrected chi connectivity index (χ0v) is 22.5. The third kappa shape index (κ3) is 6.12. The Kier molecular flexibility index (Phi) is 9.75. The Labute approximate surface area is 211 Å². The van der Waals surface area contributed by atoms with E-state index in [-0.39, 0.29) is 41.4 Å². The molecular formula is C23H33IN4O3S. The molecule has 1 heterocycles. The van der Waals surface area contributed by atoms with E-state index in [4.69, 9.17) is 14.5 Å². The van der Waals surface area contributed by atoms with Crippen molar-refractivity contribution in [3.8, 4) is 5.75 Å². The summed E-state index contributed by atoms with van der Waals surface area (Å²) in [4.78, 5) is 22.1. The van der Waals surface area contributed by atoms with Crippen molar-refractivity contribution in [1.82, 2.24) is 15.6 Å². The van der Waals surface area contributed by atoms with Crippen molar-refractivity contribution in [2.24, 2.45) is 4.99 Å². The van der Waals surface area contributed by atoms with Crippen LogP contribution < -0.4 is 15.4 Å². The minimum Gasteiger partial charge on any atom is -0.496 e. The number of aromatic nitrogens is 1. The van der Waals surface area contributed by atoms with E-state index in [2.05, 4.69) is 27.8 Å². The summed E-state index contributed by atoms with van der Waals surface area (Å²) in [6.45, 7) is 9.49. The molecule has 0 spiro atoms. The molecule has 1 aromatic heterocycles. The highest BCUT2D eigenvalue weighted by molar-refractivity contribution is 14.0. The van der Waals surface area contributed by atoms with Crippen molar-refractivity contribution in [2.75, 3.05) is 26.8 Å². The summed E-state index contributed by atoms with van der Waals surface area (Å²) in [5.41, 5.74) is 1.95. The second kappa shape index (κ2) is 11.8. The smallest absolute Gasteiger partial charge is 0.350 e. The molecule has 1 atom stereocenters. The molecule has 1 fully saturated rings. The summed E-state index contributed by atoms with van der Waals surface area (Å²) < 4.78 is 10.7. The van der Waals surface area contributed by atoms with E-state index >= 15 is 0 Å². The van der Waals surface area contributed by atoms with E-state index in [0.717, 1.165) is 36.1 Å². The van der Waals surface area contributed by atoms with Gasteiger partial charge in [0.15, 0.2) is 5.96 Å². The molecule has 1 aliphatic rings. The first-order valence-corrected chi connectivity index (χ1v) is 11.6. The Hall–Kier alpha value is -1.88. The van der Waals surface area contributed by atoms with Crippen LogP contribution in [0.4, 0.5) is 0 Å². The number of nitrogens with one attached hydrogen (secondary N) is 2. The van der Waals surface area contributed by atoms with Gasteiger partial charge in [-0.2, -0.15) is 0 Å². The summed E-state index contributed by atoms with van der Waals surface area (Å²) in [6, 6.07) is 8.11. The fourth-order valence-electron chi connectivity index (χ4n) is 3.55. The lowest BCUT2D eigenvalue weighted by Crippen LogP contribution is -2.39. The SMILES string of the molecule is CCNC(=NCC1(c2ccccc2OC)CC1)NC(C)c1nc(C)c(C(=O)OCC)s1.I. The molecule has 9 heteroatoms. The molecule has 0 saturated heterocycles. The number of para-hydroxylation sites is 1. The van der Waals surface area contributed by atoms with Gasteiger partial charge in [-0.3, -0.25) is 4.99 Å². The number of thiazole rings is 1. The van der Waals surface area contributed by atoms with Gasteiger partial charge in [0.25, 0.3) is 0 Å². The summed E-state index contributed by atoms with van der Waals surface area (Å²) in [6.07, 6.45) is 2.20. The number of ether oxygens (including phenoxy) is 2. The number of hydrogen-bond acceptors (Lipinski definition) is 6. The maximum atomic E-state index is 12.1. The minimum atomic E-state index is -0.316. The Bertz CT molecular complexity index is 943. The second-order valence-corrected chi connectivity index (χ2v) is 8.76. The Morgan fingerprint density at radius 1 is 1.31 bits per heavy atom. The largest absolute Gasteiger partial charge is 0.496 e. The third-order valence-corrected chi connectivity index (χ3v) is 6.73. The number of benzene rings is 1. The molecule has 7 nitrogen and oxygen atoms in total. The zero-order chi connectivity index (χ0) is 22.4. The molecule has 0 bridgehead atoms. The fourth-order valence-corrected chi connectivity index (χ4v) is 4.52. The van der Waals surface area contributed by atoms with Gasteiger partial charge in [-0.15, -0.1) is 35.3 Å². The number of hydrogen-bond donors (Lipinski definition) is 2. The van der Waals surface area contributed by atoms with Crippen molar-refractivity contribution in [1.29, 1.82) is 0 Å². The number of nitrogens with zero attached hydrogens (tertiary/aromatic N) is 2. The van der Waals surface area contributed by atoms with Crippen LogP contribution in [0, 0.1) is 6.92 Å². The molecule has 2 N–H and O–H groups in total. The van der Waals surface area contributed by atoms with Gasteiger partial charge in [0.05, 0.1) is 32.0 Å². The van der Waals surface area contributed by atoms with Crippen molar-refractivity contribution in [2.45, 2.75) is 52.0 Å². The number of methoxy groups -OCH3 is 1. The number of carbonyl (C=O) groups excluding carboxylic acids is 1. The van der Waals surface area contributed by atoms with Crippen molar-refractivity contribution >= 4 is 47.2 Å². The van der Waals surface area contributed by atoms with E-state index in [1.807, 2.05) is 32.9 Å². The predicted octanol–water partition coefficient (Wildman–Crippen LogP) is 4.60. The first kappa shape index (κ1) is 26.4. The monoisotopic (exact) mass is 572 g/mol. The van der Waals surface area contributed by atoms with Gasteiger partial charge in [0, 0.05) is 17.5 Å². The molecule has 1 unspecified atom stereocenters. The Balaban J connectivity index is 0.00000363. The lowest BCUT2D eigenvalue weighted by molar-refractivity contribution is 0.0531. The molecule has 2 aromatic rings. The molecule has 32 heavy (non-hydrogen) atoms. The van der Waals surface area contributed by atoms with E-state index < -0.39 is 0 Å². The average molecular weight is 573 g/mol. The number of halogens is 1. The number of carbonyl (C=O) groups is 1. The van der Waals surface area contributed by atoms with E-state index in [1.165, 1.54) is 16.9 Å². The maximum absolute atomic E-state index is 12.1. The number of rotatable bonds is 9. The van der Waals surface area contributed by atoms with E-state index in [0.29, 0.717) is 23.7 Å². The van der Waals surface area contributed by atoms with Crippen molar-refractivity contribution < 1.29 is 14.3 Å². The highest BCUT2D eigenvalue weighted by Gasteiger charge is 2.46. The van der Waals surface area contributed by atoms with Crippen LogP contribution in [0.2, 0.25) is 0 Å². The van der Waals surface area contributed by atoms with Crippen LogP contribution in [-0.4, -0.2) is 43.7 Å². The normalized spacial score (nSPS) is 15.3. The summed E-state index contributed by atoms with van der Waals surface area (Å²) in [5, 5.41) is 7.58. The van der Waals surface area contributed by atoms with Crippen LogP contribution in [0.3, 0.4) is 0 Å². The topological polar surface area (TPSA) is 84.8 Å². The van der Waals surface area contributed by atoms with Gasteiger partial charge in [-0.1, -0.05) is 18.2 Å². The van der Waals surface area contributed by atoms with E-state index in [1.54, 1.807) is 14.0 Å². The lowest BCUT2D eigenvalue weighted by Gasteiger charge is -2.19. The minimum absolute atomic E-state index is 0. The van der Waals surface area contributed by atoms with Crippen LogP contribution in [0.5, 0.6) is 5.75 Å². The zero-order valence-electron chi connectivity index (χ0n) is 19.4. The van der Waals surface area contributed by atoms with Crippen LogP contribution >= 0.6 is 35.3 Å². The molecule has 1 aromatic carbocycles. The number of aryl methyl sites for hydroxylation is 1. The van der Waals surface area contributed by atoms with Gasteiger partial charge in [0.1, 0.15) is 15.6 Å². The van der Waals surface area contributed by atoms with Gasteiger partial charge in [-0.05, 0) is 46.6 Å². The number of esters is 1. The quantitative estimate of drug-likeness (QED) is 0.198. The molecule has 0 radical (unpaired) electrons. The molecule has 0 aliphatic heterocycles. The van der Waals surface area contributed by atoms with Gasteiger partial charge < -0.3 is 20.1 Å². The molecule has 3 rings (SSSR count). The van der Waals surface area contributed by atoms with Crippen LogP contribution in [0.25, 0.3) is 0 Å². The Morgan fingerprint density at radius 2 is 2.03 bits per heavy atom. The number of guanidine groups is 1. The second-order valence-electron chi connectivity index (χ2n) is 7.73. The Morgan fingerprint density at radius 3 is 2.66 bits per heavy atom. The first-order valence-electron chi connectivity index (χ1n) is 10.8. The molecular weight excluding hydrogens is 539 g/mol. The highest BCUT2D eigenvalue weighted by Crippen LogP contribution is 2.51. The molecule has 1 aliphatic carbocycles. The molecule has 176 valence electrons. The highest BCUT2D eigenvalue weighted by atomic mass is 127. The standard InChI is InChI=1S/C23H32N4O3S.HI/c1-6-24-22(25-14-23(12-13-23)17-10-8-9-11-18(17)29-5)27-16(4)20-26-15(3)19(31-20)21(28)30-7-2;/h8-11,16H,6-7,12-14H2,1-5H3,(H2,24,25,27);1H. The maximum Gasteiger partial charge on any atom is 0.350 e. The first-order chi connectivity index (χ1) is 14.9. The van der Waals surface area contributed by atoms with E-state index in [9.17, 15) is 4.79 Å². The van der Waals surface area contributed by atoms with Crippen LogP contribution in [-0.2, 0) is 10.2 Å². The fraction of sp³-hybridized carbons (Fsp3) is 0.522.